The van der Waals surface area contributed by atoms with Gasteiger partial charge in [0, 0.05) is 44.6 Å². The summed E-state index contributed by atoms with van der Waals surface area (Å²) in [5.41, 5.74) is 2.19. The van der Waals surface area contributed by atoms with Gasteiger partial charge < -0.3 is 14.7 Å². The molecule has 1 unspecified atom stereocenters. The molecule has 2 aromatic rings. The Labute approximate surface area is 214 Å². The van der Waals surface area contributed by atoms with Crippen molar-refractivity contribution in [2.75, 3.05) is 26.2 Å². The number of nitrogens with zero attached hydrogens (tertiary/aromatic N) is 3. The number of likely N-dealkylation sites (tertiary alicyclic amines) is 3. The number of hydrogen-bond acceptors (Lipinski definition) is 3. The van der Waals surface area contributed by atoms with Crippen LogP contribution in [0.15, 0.2) is 60.7 Å². The van der Waals surface area contributed by atoms with E-state index in [1.165, 1.54) is 5.56 Å². The van der Waals surface area contributed by atoms with Gasteiger partial charge in [0.1, 0.15) is 0 Å². The molecule has 0 radical (unpaired) electrons. The van der Waals surface area contributed by atoms with Crippen LogP contribution in [0.4, 0.5) is 0 Å². The maximum absolute atomic E-state index is 13.1. The lowest BCUT2D eigenvalue weighted by atomic mass is 9.87. The Bertz CT molecular complexity index is 1070. The van der Waals surface area contributed by atoms with Crippen LogP contribution in [-0.4, -0.2) is 64.1 Å². The van der Waals surface area contributed by atoms with E-state index in [2.05, 4.69) is 36.4 Å². The first kappa shape index (κ1) is 24.5. The second kappa shape index (κ2) is 10.9. The lowest BCUT2D eigenvalue weighted by molar-refractivity contribution is -0.141. The Morgan fingerprint density at radius 3 is 2.06 bits per heavy atom. The van der Waals surface area contributed by atoms with Crippen molar-refractivity contribution < 1.29 is 14.4 Å². The van der Waals surface area contributed by atoms with Crippen LogP contribution >= 0.6 is 0 Å². The van der Waals surface area contributed by atoms with Crippen molar-refractivity contribution in [3.05, 3.63) is 71.8 Å². The Morgan fingerprint density at radius 2 is 1.39 bits per heavy atom. The number of rotatable bonds is 6. The average Bonchev–Trinajstić information content (AvgIpc) is 3.11. The third-order valence-corrected chi connectivity index (χ3v) is 8.53. The molecule has 6 nitrogen and oxygen atoms in total. The molecule has 0 bridgehead atoms. The van der Waals surface area contributed by atoms with Gasteiger partial charge in [0.2, 0.25) is 17.7 Å². The second-order valence-corrected chi connectivity index (χ2v) is 10.8. The van der Waals surface area contributed by atoms with Crippen LogP contribution in [0, 0.1) is 5.92 Å². The topological polar surface area (TPSA) is 60.9 Å². The minimum absolute atomic E-state index is 0.0400. The first-order valence-electron chi connectivity index (χ1n) is 13.5. The highest BCUT2D eigenvalue weighted by Crippen LogP contribution is 2.40. The molecule has 3 heterocycles. The summed E-state index contributed by atoms with van der Waals surface area (Å²) >= 11 is 0. The number of carbonyl (C=O) groups excluding carboxylic acids is 3. The van der Waals surface area contributed by atoms with Crippen LogP contribution in [0.1, 0.15) is 56.1 Å². The summed E-state index contributed by atoms with van der Waals surface area (Å²) in [5.74, 6) is 0.875. The van der Waals surface area contributed by atoms with Gasteiger partial charge in [-0.25, -0.2) is 0 Å². The molecule has 3 aliphatic heterocycles. The van der Waals surface area contributed by atoms with Crippen LogP contribution in [0.3, 0.4) is 0 Å². The van der Waals surface area contributed by atoms with E-state index in [4.69, 9.17) is 0 Å². The summed E-state index contributed by atoms with van der Waals surface area (Å²) in [5, 5.41) is 0. The van der Waals surface area contributed by atoms with Gasteiger partial charge in [-0.2, -0.15) is 0 Å². The molecule has 0 aliphatic carbocycles. The third-order valence-electron chi connectivity index (χ3n) is 8.53. The maximum Gasteiger partial charge on any atom is 0.242 e. The molecular weight excluding hydrogens is 450 g/mol. The molecular formula is C30H37N3O3. The largest absolute Gasteiger partial charge is 0.341 e. The lowest BCUT2D eigenvalue weighted by Crippen LogP contribution is -2.47. The van der Waals surface area contributed by atoms with E-state index >= 15 is 0 Å². The molecule has 5 rings (SSSR count). The summed E-state index contributed by atoms with van der Waals surface area (Å²) in [6, 6.07) is 20.6. The first-order valence-corrected chi connectivity index (χ1v) is 13.5. The highest BCUT2D eigenvalue weighted by Gasteiger charge is 2.47. The molecule has 2 aromatic carbocycles. The Hall–Kier alpha value is -3.15. The van der Waals surface area contributed by atoms with Crippen molar-refractivity contribution in [2.45, 2.75) is 63.5 Å². The van der Waals surface area contributed by atoms with E-state index in [1.807, 2.05) is 34.1 Å². The molecule has 1 spiro atoms. The number of amides is 3. The minimum atomic E-state index is -0.282. The SMILES string of the molecule is O=C(CN1CCC2(CCC1=O)CCC(=O)N2Cc1ccccc1)N1CCC(Cc2ccccc2)CC1. The van der Waals surface area contributed by atoms with E-state index in [-0.39, 0.29) is 29.8 Å². The summed E-state index contributed by atoms with van der Waals surface area (Å²) in [6.07, 6.45) is 6.23. The molecule has 0 aromatic heterocycles. The van der Waals surface area contributed by atoms with Gasteiger partial charge in [0.05, 0.1) is 6.54 Å². The summed E-state index contributed by atoms with van der Waals surface area (Å²) in [7, 11) is 0. The predicted octanol–water partition coefficient (Wildman–Crippen LogP) is 4.04. The maximum atomic E-state index is 13.1. The first-order chi connectivity index (χ1) is 17.5. The fourth-order valence-corrected chi connectivity index (χ4v) is 6.27. The van der Waals surface area contributed by atoms with Gasteiger partial charge in [-0.05, 0) is 55.6 Å². The average molecular weight is 488 g/mol. The Morgan fingerprint density at radius 1 is 0.778 bits per heavy atom. The molecule has 36 heavy (non-hydrogen) atoms. The summed E-state index contributed by atoms with van der Waals surface area (Å²) in [4.78, 5) is 44.7. The van der Waals surface area contributed by atoms with Gasteiger partial charge in [0.25, 0.3) is 0 Å². The molecule has 190 valence electrons. The van der Waals surface area contributed by atoms with Gasteiger partial charge >= 0.3 is 0 Å². The number of benzene rings is 2. The smallest absolute Gasteiger partial charge is 0.242 e. The summed E-state index contributed by atoms with van der Waals surface area (Å²) in [6.45, 7) is 2.81. The molecule has 3 fully saturated rings. The zero-order valence-corrected chi connectivity index (χ0v) is 21.1. The molecule has 1 atom stereocenters. The van der Waals surface area contributed by atoms with E-state index in [0.29, 0.717) is 38.3 Å². The van der Waals surface area contributed by atoms with Gasteiger partial charge in [-0.15, -0.1) is 0 Å². The lowest BCUT2D eigenvalue weighted by Gasteiger charge is -2.38. The van der Waals surface area contributed by atoms with Gasteiger partial charge in [-0.1, -0.05) is 60.7 Å². The van der Waals surface area contributed by atoms with Gasteiger partial charge in [0.15, 0.2) is 0 Å². The molecule has 3 saturated heterocycles. The van der Waals surface area contributed by atoms with Crippen LogP contribution < -0.4 is 0 Å². The van der Waals surface area contributed by atoms with Crippen LogP contribution in [0.25, 0.3) is 0 Å². The molecule has 3 amide bonds. The minimum Gasteiger partial charge on any atom is -0.341 e. The monoisotopic (exact) mass is 487 g/mol. The van der Waals surface area contributed by atoms with Crippen LogP contribution in [-0.2, 0) is 27.3 Å². The molecule has 3 aliphatic rings. The summed E-state index contributed by atoms with van der Waals surface area (Å²) < 4.78 is 0. The van der Waals surface area contributed by atoms with Crippen LogP contribution in [0.5, 0.6) is 0 Å². The zero-order chi connectivity index (χ0) is 25.0. The quantitative estimate of drug-likeness (QED) is 0.618. The molecule has 0 N–H and O–H groups in total. The van der Waals surface area contributed by atoms with Crippen molar-refractivity contribution in [3.63, 3.8) is 0 Å². The zero-order valence-electron chi connectivity index (χ0n) is 21.1. The fraction of sp³-hybridized carbons (Fsp3) is 0.500. The van der Waals surface area contributed by atoms with Crippen molar-refractivity contribution in [3.8, 4) is 0 Å². The van der Waals surface area contributed by atoms with E-state index in [1.54, 1.807) is 4.90 Å². The Balaban J connectivity index is 1.16. The normalized spacial score (nSPS) is 23.4. The number of carbonyl (C=O) groups is 3. The standard InChI is InChI=1S/C30H37N3O3/c34-27-11-15-30(16-12-28(35)33(30)22-26-9-5-2-6-10-26)17-20-32(27)23-29(36)31-18-13-25(14-19-31)21-24-7-3-1-4-8-24/h1-10,25H,11-23H2. The third kappa shape index (κ3) is 5.48. The highest BCUT2D eigenvalue weighted by atomic mass is 16.2. The van der Waals surface area contributed by atoms with Crippen molar-refractivity contribution in [1.82, 2.24) is 14.7 Å². The Kier molecular flexibility index (Phi) is 7.40. The van der Waals surface area contributed by atoms with E-state index in [9.17, 15) is 14.4 Å². The van der Waals surface area contributed by atoms with Crippen molar-refractivity contribution in [2.24, 2.45) is 5.92 Å². The van der Waals surface area contributed by atoms with E-state index < -0.39 is 0 Å². The molecule has 6 heteroatoms. The second-order valence-electron chi connectivity index (χ2n) is 10.8. The van der Waals surface area contributed by atoms with Crippen LogP contribution in [0.2, 0.25) is 0 Å². The highest BCUT2D eigenvalue weighted by molar-refractivity contribution is 5.85. The van der Waals surface area contributed by atoms with Crippen molar-refractivity contribution in [1.29, 1.82) is 0 Å². The predicted molar refractivity (Wildman–Crippen MR) is 139 cm³/mol. The number of piperidine rings is 1. The number of hydrogen-bond donors (Lipinski definition) is 0. The van der Waals surface area contributed by atoms with Crippen molar-refractivity contribution >= 4 is 17.7 Å². The van der Waals surface area contributed by atoms with E-state index in [0.717, 1.165) is 50.8 Å². The molecule has 0 saturated carbocycles. The van der Waals surface area contributed by atoms with Gasteiger partial charge in [-0.3, -0.25) is 14.4 Å². The fourth-order valence-electron chi connectivity index (χ4n) is 6.27.